The molecule has 2 aromatic carbocycles. The van der Waals surface area contributed by atoms with E-state index in [0.29, 0.717) is 6.04 Å². The van der Waals surface area contributed by atoms with Gasteiger partial charge in [-0.25, -0.2) is 4.98 Å². The van der Waals surface area contributed by atoms with E-state index in [9.17, 15) is 0 Å². The smallest absolute Gasteiger partial charge is 0.121 e. The zero-order valence-corrected chi connectivity index (χ0v) is 12.6. The normalized spacial score (nSPS) is 11.6. The molecular formula is C18H21N3. The molecule has 21 heavy (non-hydrogen) atoms. The van der Waals surface area contributed by atoms with Crippen molar-refractivity contribution in [1.29, 1.82) is 0 Å². The van der Waals surface area contributed by atoms with Gasteiger partial charge in [0.15, 0.2) is 0 Å². The Labute approximate surface area is 125 Å². The van der Waals surface area contributed by atoms with Gasteiger partial charge in [-0.15, -0.1) is 0 Å². The maximum absolute atomic E-state index is 4.68. The lowest BCUT2D eigenvalue weighted by Crippen LogP contribution is -2.30. The fourth-order valence-corrected chi connectivity index (χ4v) is 2.51. The molecule has 0 aliphatic carbocycles. The topological polar surface area (TPSA) is 31.9 Å². The quantitative estimate of drug-likeness (QED) is 0.766. The van der Waals surface area contributed by atoms with E-state index >= 15 is 0 Å². The largest absolute Gasteiger partial charge is 0.341 e. The number of fused-ring (bicyclic) bond motifs is 1. The van der Waals surface area contributed by atoms with Crippen LogP contribution in [0.4, 0.5) is 0 Å². The molecule has 0 aliphatic heterocycles. The molecule has 108 valence electrons. The van der Waals surface area contributed by atoms with Crippen LogP contribution in [0, 0.1) is 0 Å². The first kappa shape index (κ1) is 13.8. The van der Waals surface area contributed by atoms with E-state index in [0.717, 1.165) is 29.9 Å². The number of aromatic amines is 1. The molecule has 0 bridgehead atoms. The number of para-hydroxylation sites is 2. The number of H-pyrrole nitrogens is 1. The summed E-state index contributed by atoms with van der Waals surface area (Å²) >= 11 is 0. The highest BCUT2D eigenvalue weighted by Crippen LogP contribution is 2.15. The minimum absolute atomic E-state index is 0.471. The maximum Gasteiger partial charge on any atom is 0.121 e. The summed E-state index contributed by atoms with van der Waals surface area (Å²) in [5.74, 6) is 1.03. The third kappa shape index (κ3) is 3.31. The van der Waals surface area contributed by atoms with Gasteiger partial charge in [-0.2, -0.15) is 0 Å². The molecular weight excluding hydrogens is 258 g/mol. The minimum Gasteiger partial charge on any atom is -0.341 e. The predicted molar refractivity (Wildman–Crippen MR) is 86.9 cm³/mol. The third-order valence-corrected chi connectivity index (χ3v) is 3.75. The van der Waals surface area contributed by atoms with Gasteiger partial charge in [0.1, 0.15) is 5.82 Å². The van der Waals surface area contributed by atoms with Gasteiger partial charge in [-0.3, -0.25) is 4.90 Å². The summed E-state index contributed by atoms with van der Waals surface area (Å²) < 4.78 is 0. The highest BCUT2D eigenvalue weighted by molar-refractivity contribution is 5.74. The Balaban J connectivity index is 1.78. The lowest BCUT2D eigenvalue weighted by Gasteiger charge is -2.25. The van der Waals surface area contributed by atoms with Gasteiger partial charge in [0.25, 0.3) is 0 Å². The number of nitrogens with one attached hydrogen (secondary N) is 1. The standard InChI is InChI=1S/C18H21N3/c1-14(2)21(12-15-8-4-3-5-9-15)13-18-19-16-10-6-7-11-17(16)20-18/h3-11,14H,12-13H2,1-2H3,(H,19,20). The summed E-state index contributed by atoms with van der Waals surface area (Å²) in [5.41, 5.74) is 3.48. The number of benzene rings is 2. The van der Waals surface area contributed by atoms with E-state index in [1.165, 1.54) is 5.56 Å². The van der Waals surface area contributed by atoms with Crippen molar-refractivity contribution in [2.24, 2.45) is 0 Å². The molecule has 1 aromatic heterocycles. The highest BCUT2D eigenvalue weighted by atomic mass is 15.2. The minimum atomic E-state index is 0.471. The first-order valence-electron chi connectivity index (χ1n) is 7.44. The van der Waals surface area contributed by atoms with Crippen LogP contribution in [0.15, 0.2) is 54.6 Å². The third-order valence-electron chi connectivity index (χ3n) is 3.75. The average Bonchev–Trinajstić information content (AvgIpc) is 2.90. The van der Waals surface area contributed by atoms with Gasteiger partial charge >= 0.3 is 0 Å². The van der Waals surface area contributed by atoms with Gasteiger partial charge in [0.05, 0.1) is 17.6 Å². The van der Waals surface area contributed by atoms with Gasteiger partial charge in [-0.05, 0) is 31.5 Å². The van der Waals surface area contributed by atoms with Crippen molar-refractivity contribution in [2.45, 2.75) is 33.0 Å². The first-order chi connectivity index (χ1) is 10.2. The highest BCUT2D eigenvalue weighted by Gasteiger charge is 2.13. The SMILES string of the molecule is CC(C)N(Cc1ccccc1)Cc1nc2ccccc2[nH]1. The molecule has 3 heteroatoms. The van der Waals surface area contributed by atoms with E-state index in [-0.39, 0.29) is 0 Å². The molecule has 0 saturated carbocycles. The van der Waals surface area contributed by atoms with Crippen LogP contribution in [-0.2, 0) is 13.1 Å². The van der Waals surface area contributed by atoms with E-state index in [2.05, 4.69) is 65.1 Å². The Hall–Kier alpha value is -2.13. The number of hydrogen-bond acceptors (Lipinski definition) is 2. The molecule has 0 unspecified atom stereocenters. The van der Waals surface area contributed by atoms with Crippen LogP contribution in [0.5, 0.6) is 0 Å². The molecule has 0 fully saturated rings. The van der Waals surface area contributed by atoms with Crippen LogP contribution in [0.1, 0.15) is 25.2 Å². The molecule has 0 spiro atoms. The Morgan fingerprint density at radius 1 is 0.952 bits per heavy atom. The van der Waals surface area contributed by atoms with Gasteiger partial charge in [-0.1, -0.05) is 42.5 Å². The Morgan fingerprint density at radius 2 is 1.67 bits per heavy atom. The summed E-state index contributed by atoms with van der Waals surface area (Å²) in [7, 11) is 0. The number of nitrogens with zero attached hydrogens (tertiary/aromatic N) is 2. The molecule has 0 amide bonds. The second-order valence-electron chi connectivity index (χ2n) is 5.68. The van der Waals surface area contributed by atoms with Gasteiger partial charge < -0.3 is 4.98 Å². The molecule has 1 N–H and O–H groups in total. The van der Waals surface area contributed by atoms with Gasteiger partial charge in [0, 0.05) is 12.6 Å². The van der Waals surface area contributed by atoms with Crippen molar-refractivity contribution in [3.05, 3.63) is 66.0 Å². The summed E-state index contributed by atoms with van der Waals surface area (Å²) in [6, 6.07) is 19.2. The molecule has 0 saturated heterocycles. The molecule has 3 aromatic rings. The number of imidazole rings is 1. The van der Waals surface area contributed by atoms with Crippen molar-refractivity contribution in [2.75, 3.05) is 0 Å². The van der Waals surface area contributed by atoms with E-state index in [1.54, 1.807) is 0 Å². The van der Waals surface area contributed by atoms with E-state index < -0.39 is 0 Å². The lowest BCUT2D eigenvalue weighted by atomic mass is 10.2. The number of aromatic nitrogens is 2. The fourth-order valence-electron chi connectivity index (χ4n) is 2.51. The summed E-state index contributed by atoms with van der Waals surface area (Å²) in [6.45, 7) is 6.23. The van der Waals surface area contributed by atoms with Crippen molar-refractivity contribution in [3.8, 4) is 0 Å². The van der Waals surface area contributed by atoms with Gasteiger partial charge in [0.2, 0.25) is 0 Å². The molecule has 3 rings (SSSR count). The second-order valence-corrected chi connectivity index (χ2v) is 5.68. The molecule has 0 atom stereocenters. The van der Waals surface area contributed by atoms with Crippen LogP contribution < -0.4 is 0 Å². The van der Waals surface area contributed by atoms with Crippen LogP contribution in [0.3, 0.4) is 0 Å². The molecule has 0 radical (unpaired) electrons. The molecule has 0 aliphatic rings. The predicted octanol–water partition coefficient (Wildman–Crippen LogP) is 3.97. The summed E-state index contributed by atoms with van der Waals surface area (Å²) in [6.07, 6.45) is 0. The summed E-state index contributed by atoms with van der Waals surface area (Å²) in [4.78, 5) is 10.5. The monoisotopic (exact) mass is 279 g/mol. The first-order valence-corrected chi connectivity index (χ1v) is 7.44. The maximum atomic E-state index is 4.68. The van der Waals surface area contributed by atoms with Crippen LogP contribution >= 0.6 is 0 Å². The van der Waals surface area contributed by atoms with Crippen LogP contribution in [-0.4, -0.2) is 20.9 Å². The van der Waals surface area contributed by atoms with Crippen LogP contribution in [0.25, 0.3) is 11.0 Å². The molecule has 3 nitrogen and oxygen atoms in total. The van der Waals surface area contributed by atoms with Crippen molar-refractivity contribution in [1.82, 2.24) is 14.9 Å². The average molecular weight is 279 g/mol. The Morgan fingerprint density at radius 3 is 2.38 bits per heavy atom. The fraction of sp³-hybridized carbons (Fsp3) is 0.278. The zero-order chi connectivity index (χ0) is 14.7. The van der Waals surface area contributed by atoms with Crippen molar-refractivity contribution < 1.29 is 0 Å². The second kappa shape index (κ2) is 6.10. The summed E-state index contributed by atoms with van der Waals surface area (Å²) in [5, 5.41) is 0. The van der Waals surface area contributed by atoms with Crippen molar-refractivity contribution in [3.63, 3.8) is 0 Å². The molecule has 1 heterocycles. The Kier molecular flexibility index (Phi) is 4.02. The van der Waals surface area contributed by atoms with E-state index in [1.807, 2.05) is 18.2 Å². The van der Waals surface area contributed by atoms with Crippen LogP contribution in [0.2, 0.25) is 0 Å². The lowest BCUT2D eigenvalue weighted by molar-refractivity contribution is 0.199. The van der Waals surface area contributed by atoms with Crippen molar-refractivity contribution >= 4 is 11.0 Å². The number of rotatable bonds is 5. The zero-order valence-electron chi connectivity index (χ0n) is 12.6. The number of hydrogen-bond donors (Lipinski definition) is 1. The van der Waals surface area contributed by atoms with E-state index in [4.69, 9.17) is 0 Å². The Bertz CT molecular complexity index is 668.